The molecule has 34 heavy (non-hydrogen) atoms. The zero-order valence-corrected chi connectivity index (χ0v) is 18.2. The fraction of sp³-hybridized carbons (Fsp3) is 0.348. The first-order valence-electron chi connectivity index (χ1n) is 10.4. The Morgan fingerprint density at radius 2 is 1.79 bits per heavy atom. The molecule has 0 radical (unpaired) electrons. The minimum atomic E-state index is -4.86. The third-order valence-corrected chi connectivity index (χ3v) is 5.64. The van der Waals surface area contributed by atoms with Crippen LogP contribution in [0.3, 0.4) is 0 Å². The Balaban J connectivity index is 1.65. The Bertz CT molecular complexity index is 1290. The van der Waals surface area contributed by atoms with E-state index < -0.39 is 36.2 Å². The van der Waals surface area contributed by atoms with Crippen LogP contribution in [-0.4, -0.2) is 26.7 Å². The van der Waals surface area contributed by atoms with Gasteiger partial charge in [-0.25, -0.2) is 4.68 Å². The fourth-order valence-electron chi connectivity index (χ4n) is 3.89. The molecule has 0 saturated heterocycles. The number of carbonyl (C=O) groups is 1. The monoisotopic (exact) mass is 481 g/mol. The first-order chi connectivity index (χ1) is 16.0. The fourth-order valence-corrected chi connectivity index (χ4v) is 3.89. The molecule has 3 aromatic rings. The Hall–Kier alpha value is -3.50. The summed E-state index contributed by atoms with van der Waals surface area (Å²) in [6.07, 6.45) is -3.50. The van der Waals surface area contributed by atoms with Crippen molar-refractivity contribution < 1.29 is 31.5 Å². The Morgan fingerprint density at radius 3 is 2.35 bits per heavy atom. The topological polar surface area (TPSA) is 66.1 Å². The lowest BCUT2D eigenvalue weighted by Crippen LogP contribution is -2.33. The van der Waals surface area contributed by atoms with Crippen LogP contribution in [-0.2, 0) is 12.7 Å². The van der Waals surface area contributed by atoms with E-state index in [9.17, 15) is 31.5 Å². The molecule has 0 bridgehead atoms. The molecule has 180 valence electrons. The normalized spacial score (nSPS) is 14.0. The largest absolute Gasteiger partial charge is 0.435 e. The van der Waals surface area contributed by atoms with Crippen molar-refractivity contribution in [1.29, 1.82) is 0 Å². The molecular weight excluding hydrogens is 461 g/mol. The third-order valence-electron chi connectivity index (χ3n) is 5.64. The zero-order chi connectivity index (χ0) is 24.8. The van der Waals surface area contributed by atoms with Gasteiger partial charge in [0.1, 0.15) is 17.9 Å². The maximum Gasteiger partial charge on any atom is 0.421 e. The molecule has 1 aliphatic carbocycles. The molecule has 2 heterocycles. The maximum absolute atomic E-state index is 13.4. The number of nitrogens with zero attached hydrogens (tertiary/aromatic N) is 3. The van der Waals surface area contributed by atoms with Crippen LogP contribution < -0.4 is 10.3 Å². The average Bonchev–Trinajstić information content (AvgIpc) is 3.54. The highest BCUT2D eigenvalue weighted by atomic mass is 19.4. The number of hydrogen-bond donors (Lipinski definition) is 0. The van der Waals surface area contributed by atoms with Gasteiger partial charge in [0, 0.05) is 28.6 Å². The van der Waals surface area contributed by atoms with Gasteiger partial charge in [-0.2, -0.15) is 27.1 Å². The predicted octanol–water partition coefficient (Wildman–Crippen LogP) is 5.03. The van der Waals surface area contributed by atoms with E-state index in [4.69, 9.17) is 0 Å². The number of hydrogen-bond acceptors (Lipinski definition) is 4. The van der Waals surface area contributed by atoms with Crippen LogP contribution in [0.25, 0.3) is 5.69 Å². The second-order valence-corrected chi connectivity index (χ2v) is 8.13. The van der Waals surface area contributed by atoms with E-state index in [1.165, 1.54) is 24.3 Å². The van der Waals surface area contributed by atoms with Crippen molar-refractivity contribution in [1.82, 2.24) is 14.3 Å². The maximum atomic E-state index is 13.4. The highest BCUT2D eigenvalue weighted by Gasteiger charge is 2.38. The van der Waals surface area contributed by atoms with Gasteiger partial charge in [-0.1, -0.05) is 0 Å². The van der Waals surface area contributed by atoms with Crippen molar-refractivity contribution in [3.8, 4) is 11.4 Å². The van der Waals surface area contributed by atoms with Crippen LogP contribution in [0.5, 0.6) is 5.75 Å². The molecule has 1 aliphatic rings. The quantitative estimate of drug-likeness (QED) is 0.351. The highest BCUT2D eigenvalue weighted by Crippen LogP contribution is 2.40. The minimum Gasteiger partial charge on any atom is -0.435 e. The van der Waals surface area contributed by atoms with Crippen LogP contribution in [0.4, 0.5) is 22.0 Å². The molecule has 0 N–H and O–H groups in total. The van der Waals surface area contributed by atoms with Gasteiger partial charge in [-0.05, 0) is 63.1 Å². The van der Waals surface area contributed by atoms with Crippen molar-refractivity contribution in [2.75, 3.05) is 0 Å². The third kappa shape index (κ3) is 4.73. The van der Waals surface area contributed by atoms with Crippen molar-refractivity contribution in [3.05, 3.63) is 75.0 Å². The lowest BCUT2D eigenvalue weighted by Gasteiger charge is -2.13. The van der Waals surface area contributed by atoms with E-state index in [0.29, 0.717) is 34.6 Å². The first-order valence-corrected chi connectivity index (χ1v) is 10.4. The average molecular weight is 481 g/mol. The van der Waals surface area contributed by atoms with Crippen molar-refractivity contribution in [2.24, 2.45) is 0 Å². The lowest BCUT2D eigenvalue weighted by molar-refractivity contribution is -0.139. The zero-order valence-electron chi connectivity index (χ0n) is 18.2. The number of alkyl halides is 5. The molecular formula is C23H20F5N3O3. The summed E-state index contributed by atoms with van der Waals surface area (Å²) in [5.74, 6) is -0.753. The van der Waals surface area contributed by atoms with Gasteiger partial charge >= 0.3 is 12.8 Å². The second-order valence-electron chi connectivity index (χ2n) is 8.13. The van der Waals surface area contributed by atoms with Crippen LogP contribution in [0.2, 0.25) is 0 Å². The van der Waals surface area contributed by atoms with Gasteiger partial charge in [-0.15, -0.1) is 0 Å². The molecule has 0 amide bonds. The van der Waals surface area contributed by atoms with Gasteiger partial charge in [0.15, 0.2) is 5.78 Å². The summed E-state index contributed by atoms with van der Waals surface area (Å²) < 4.78 is 71.5. The predicted molar refractivity (Wildman–Crippen MR) is 112 cm³/mol. The summed E-state index contributed by atoms with van der Waals surface area (Å²) in [5.41, 5.74) is -0.664. The van der Waals surface area contributed by atoms with Crippen LogP contribution in [0.1, 0.15) is 51.8 Å². The van der Waals surface area contributed by atoms with Crippen molar-refractivity contribution in [3.63, 3.8) is 0 Å². The smallest absolute Gasteiger partial charge is 0.421 e. The van der Waals surface area contributed by atoms with Crippen molar-refractivity contribution >= 4 is 5.78 Å². The van der Waals surface area contributed by atoms with Crippen LogP contribution in [0, 0.1) is 13.8 Å². The number of benzene rings is 1. The Labute approximate surface area is 190 Å². The molecule has 0 atom stereocenters. The number of rotatable bonds is 7. The van der Waals surface area contributed by atoms with Gasteiger partial charge in [0.2, 0.25) is 0 Å². The second kappa shape index (κ2) is 8.69. The van der Waals surface area contributed by atoms with E-state index in [1.54, 1.807) is 24.5 Å². The molecule has 1 saturated carbocycles. The summed E-state index contributed by atoms with van der Waals surface area (Å²) in [4.78, 5) is 25.4. The van der Waals surface area contributed by atoms with Gasteiger partial charge < -0.3 is 9.30 Å². The molecule has 4 rings (SSSR count). The summed E-state index contributed by atoms with van der Waals surface area (Å²) in [6.45, 7) is -0.249. The van der Waals surface area contributed by atoms with E-state index in [2.05, 4.69) is 9.84 Å². The molecule has 11 heteroatoms. The van der Waals surface area contributed by atoms with E-state index in [1.807, 2.05) is 0 Å². The molecule has 2 aromatic heterocycles. The van der Waals surface area contributed by atoms with Crippen LogP contribution >= 0.6 is 0 Å². The molecule has 0 aliphatic heterocycles. The standard InChI is InChI=1S/C23H20F5N3O3/c1-12-9-17(13(2)31(12)15-5-7-16(8-6-15)34-22(24)25)20(32)11-30-21(33)18(23(26,27)28)10-19(29-30)14-3-4-14/h5-10,14,22H,3-4,11H2,1-2H3. The number of ether oxygens (including phenoxy) is 1. The number of halogens is 5. The number of carbonyl (C=O) groups excluding carboxylic acids is 1. The number of aromatic nitrogens is 3. The Kier molecular flexibility index (Phi) is 6.05. The number of Topliss-reactive ketones (excluding diaryl/α,β-unsaturated/α-hetero) is 1. The minimum absolute atomic E-state index is 0.0287. The molecule has 1 fully saturated rings. The first kappa shape index (κ1) is 23.7. The SMILES string of the molecule is Cc1cc(C(=O)Cn2nc(C3CC3)cc(C(F)(F)F)c2=O)c(C)n1-c1ccc(OC(F)F)cc1. The number of ketones is 1. The number of aryl methyl sites for hydroxylation is 1. The Morgan fingerprint density at radius 1 is 1.15 bits per heavy atom. The molecule has 0 spiro atoms. The molecule has 6 nitrogen and oxygen atoms in total. The van der Waals surface area contributed by atoms with Gasteiger partial charge in [-0.3, -0.25) is 9.59 Å². The van der Waals surface area contributed by atoms with E-state index in [-0.39, 0.29) is 22.9 Å². The summed E-state index contributed by atoms with van der Waals surface area (Å²) in [7, 11) is 0. The summed E-state index contributed by atoms with van der Waals surface area (Å²) >= 11 is 0. The lowest BCUT2D eigenvalue weighted by atomic mass is 10.1. The van der Waals surface area contributed by atoms with Crippen LogP contribution in [0.15, 0.2) is 41.2 Å². The van der Waals surface area contributed by atoms with E-state index >= 15 is 0 Å². The molecule has 0 unspecified atom stereocenters. The summed E-state index contributed by atoms with van der Waals surface area (Å²) in [6, 6.07) is 8.11. The van der Waals surface area contributed by atoms with E-state index in [0.717, 1.165) is 6.07 Å². The van der Waals surface area contributed by atoms with Gasteiger partial charge in [0.05, 0.1) is 5.69 Å². The molecule has 1 aromatic carbocycles. The van der Waals surface area contributed by atoms with Crippen molar-refractivity contribution in [2.45, 2.75) is 51.9 Å². The highest BCUT2D eigenvalue weighted by molar-refractivity contribution is 5.97. The summed E-state index contributed by atoms with van der Waals surface area (Å²) in [5, 5.41) is 4.03. The van der Waals surface area contributed by atoms with Gasteiger partial charge in [0.25, 0.3) is 5.56 Å².